The summed E-state index contributed by atoms with van der Waals surface area (Å²) in [5, 5.41) is 16.6. The fourth-order valence-corrected chi connectivity index (χ4v) is 2.07. The summed E-state index contributed by atoms with van der Waals surface area (Å²) in [7, 11) is 0. The number of hydrogen-bond donors (Lipinski definition) is 0. The van der Waals surface area contributed by atoms with E-state index in [1.165, 1.54) is 11.8 Å². The van der Waals surface area contributed by atoms with Crippen molar-refractivity contribution in [3.05, 3.63) is 30.2 Å². The molecule has 2 aromatic rings. The van der Waals surface area contributed by atoms with Crippen molar-refractivity contribution >= 4 is 11.8 Å². The monoisotopic (exact) mass is 275 g/mol. The third kappa shape index (κ3) is 2.48. The molecule has 0 fully saturated rings. The zero-order chi connectivity index (χ0) is 13.1. The van der Waals surface area contributed by atoms with Gasteiger partial charge in [0.2, 0.25) is 6.10 Å². The molecule has 1 aromatic heterocycles. The maximum atomic E-state index is 8.49. The topological polar surface area (TPSA) is 81.2 Å². The molecule has 1 aliphatic heterocycles. The fraction of sp³-hybridized carbons (Fsp3) is 0.250. The predicted octanol–water partition coefficient (Wildman–Crippen LogP) is 2.20. The molecule has 0 saturated heterocycles. The van der Waals surface area contributed by atoms with Crippen LogP contribution in [0, 0.1) is 11.3 Å². The molecular weight excluding hydrogens is 266 g/mol. The maximum Gasteiger partial charge on any atom is 0.277 e. The molecule has 0 bridgehead atoms. The largest absolute Gasteiger partial charge is 0.485 e. The lowest BCUT2D eigenvalue weighted by atomic mass is 10.2. The van der Waals surface area contributed by atoms with Crippen molar-refractivity contribution in [3.8, 4) is 17.6 Å². The summed E-state index contributed by atoms with van der Waals surface area (Å²) in [4.78, 5) is 0. The zero-order valence-corrected chi connectivity index (χ0v) is 10.6. The lowest BCUT2D eigenvalue weighted by Crippen LogP contribution is -2.21. The van der Waals surface area contributed by atoms with Crippen LogP contribution in [-0.2, 0) is 0 Å². The van der Waals surface area contributed by atoms with Crippen LogP contribution in [0.15, 0.2) is 33.9 Å². The van der Waals surface area contributed by atoms with Gasteiger partial charge in [-0.2, -0.15) is 5.26 Å². The number of ether oxygens (including phenoxy) is 2. The van der Waals surface area contributed by atoms with Gasteiger partial charge in [-0.3, -0.25) is 0 Å². The van der Waals surface area contributed by atoms with Gasteiger partial charge in [0.05, 0.1) is 11.8 Å². The molecule has 3 rings (SSSR count). The van der Waals surface area contributed by atoms with Crippen LogP contribution in [0.25, 0.3) is 0 Å². The van der Waals surface area contributed by atoms with E-state index in [9.17, 15) is 0 Å². The van der Waals surface area contributed by atoms with Crippen molar-refractivity contribution < 1.29 is 13.9 Å². The van der Waals surface area contributed by atoms with Crippen LogP contribution < -0.4 is 9.47 Å². The lowest BCUT2D eigenvalue weighted by Gasteiger charge is -2.23. The van der Waals surface area contributed by atoms with Gasteiger partial charge in [0.15, 0.2) is 11.5 Å². The van der Waals surface area contributed by atoms with E-state index >= 15 is 0 Å². The fourth-order valence-electron chi connectivity index (χ4n) is 1.64. The Morgan fingerprint density at radius 2 is 2.16 bits per heavy atom. The second-order valence-electron chi connectivity index (χ2n) is 3.72. The Balaban J connectivity index is 1.74. The quantitative estimate of drug-likeness (QED) is 0.794. The molecule has 0 N–H and O–H groups in total. The molecule has 0 radical (unpaired) electrons. The van der Waals surface area contributed by atoms with E-state index in [0.717, 1.165) is 0 Å². The highest BCUT2D eigenvalue weighted by Gasteiger charge is 2.27. The lowest BCUT2D eigenvalue weighted by molar-refractivity contribution is 0.0686. The Kier molecular flexibility index (Phi) is 3.25. The van der Waals surface area contributed by atoms with E-state index in [1.807, 2.05) is 30.3 Å². The summed E-state index contributed by atoms with van der Waals surface area (Å²) >= 11 is 1.19. The SMILES string of the molecule is N#CCSc1nnc([C@@H]2COc3ccccc3O2)o1. The van der Waals surface area contributed by atoms with Gasteiger partial charge >= 0.3 is 0 Å². The van der Waals surface area contributed by atoms with Gasteiger partial charge in [-0.1, -0.05) is 23.9 Å². The van der Waals surface area contributed by atoms with Crippen molar-refractivity contribution in [2.75, 3.05) is 12.4 Å². The second-order valence-corrected chi connectivity index (χ2v) is 4.64. The van der Waals surface area contributed by atoms with Gasteiger partial charge in [0, 0.05) is 0 Å². The van der Waals surface area contributed by atoms with Gasteiger partial charge in [-0.05, 0) is 12.1 Å². The highest BCUT2D eigenvalue weighted by atomic mass is 32.2. The highest BCUT2D eigenvalue weighted by molar-refractivity contribution is 7.99. The minimum atomic E-state index is -0.418. The molecule has 1 aromatic carbocycles. The molecule has 6 nitrogen and oxygen atoms in total. The number of aromatic nitrogens is 2. The van der Waals surface area contributed by atoms with Gasteiger partial charge < -0.3 is 13.9 Å². The first kappa shape index (κ1) is 11.9. The molecule has 0 amide bonds. The minimum Gasteiger partial charge on any atom is -0.485 e. The summed E-state index contributed by atoms with van der Waals surface area (Å²) in [5.41, 5.74) is 0. The third-order valence-electron chi connectivity index (χ3n) is 2.47. The third-order valence-corrected chi connectivity index (χ3v) is 3.15. The normalized spacial score (nSPS) is 16.9. The average molecular weight is 275 g/mol. The first-order valence-corrected chi connectivity index (χ1v) is 6.57. The maximum absolute atomic E-state index is 8.49. The minimum absolute atomic E-state index is 0.270. The summed E-state index contributed by atoms with van der Waals surface area (Å²) in [5.74, 6) is 1.99. The van der Waals surface area contributed by atoms with Crippen molar-refractivity contribution in [3.63, 3.8) is 0 Å². The van der Waals surface area contributed by atoms with E-state index in [4.69, 9.17) is 19.2 Å². The summed E-state index contributed by atoms with van der Waals surface area (Å²) in [6.45, 7) is 0.321. The standard InChI is InChI=1S/C12H9N3O3S/c13-5-6-19-12-15-14-11(18-12)10-7-16-8-3-1-2-4-9(8)17-10/h1-4,10H,6-7H2/t10-/m0/s1. The average Bonchev–Trinajstić information content (AvgIpc) is 2.93. The van der Waals surface area contributed by atoms with E-state index in [1.54, 1.807) is 0 Å². The molecule has 0 spiro atoms. The zero-order valence-electron chi connectivity index (χ0n) is 9.78. The first-order valence-electron chi connectivity index (χ1n) is 5.58. The number of benzene rings is 1. The Labute approximate surface area is 113 Å². The van der Waals surface area contributed by atoms with Crippen LogP contribution in [0.3, 0.4) is 0 Å². The number of rotatable bonds is 3. The number of para-hydroxylation sites is 2. The Morgan fingerprint density at radius 3 is 3.00 bits per heavy atom. The smallest absolute Gasteiger partial charge is 0.277 e. The summed E-state index contributed by atoms with van der Waals surface area (Å²) in [6, 6.07) is 9.41. The molecule has 0 unspecified atom stereocenters. The van der Waals surface area contributed by atoms with Gasteiger partial charge in [-0.15, -0.1) is 10.2 Å². The van der Waals surface area contributed by atoms with Gasteiger partial charge in [0.1, 0.15) is 6.61 Å². The number of fused-ring (bicyclic) bond motifs is 1. The van der Waals surface area contributed by atoms with Crippen molar-refractivity contribution in [2.24, 2.45) is 0 Å². The van der Waals surface area contributed by atoms with Crippen molar-refractivity contribution in [1.29, 1.82) is 5.26 Å². The number of thioether (sulfide) groups is 1. The van der Waals surface area contributed by atoms with E-state index in [-0.39, 0.29) is 5.75 Å². The molecule has 96 valence electrons. The Morgan fingerprint density at radius 1 is 1.32 bits per heavy atom. The van der Waals surface area contributed by atoms with Crippen LogP contribution in [0.2, 0.25) is 0 Å². The molecule has 0 saturated carbocycles. The van der Waals surface area contributed by atoms with E-state index < -0.39 is 6.10 Å². The summed E-state index contributed by atoms with van der Waals surface area (Å²) in [6.07, 6.45) is -0.418. The van der Waals surface area contributed by atoms with Crippen LogP contribution in [0.4, 0.5) is 0 Å². The molecule has 19 heavy (non-hydrogen) atoms. The van der Waals surface area contributed by atoms with Crippen LogP contribution in [-0.4, -0.2) is 22.6 Å². The van der Waals surface area contributed by atoms with E-state index in [2.05, 4.69) is 10.2 Å². The summed E-state index contributed by atoms with van der Waals surface area (Å²) < 4.78 is 16.7. The van der Waals surface area contributed by atoms with Crippen molar-refractivity contribution in [1.82, 2.24) is 10.2 Å². The molecule has 2 heterocycles. The van der Waals surface area contributed by atoms with Crippen molar-refractivity contribution in [2.45, 2.75) is 11.3 Å². The molecular formula is C12H9N3O3S. The number of nitriles is 1. The van der Waals surface area contributed by atoms with Gasteiger partial charge in [-0.25, -0.2) is 0 Å². The van der Waals surface area contributed by atoms with Crippen LogP contribution in [0.1, 0.15) is 12.0 Å². The van der Waals surface area contributed by atoms with E-state index in [0.29, 0.717) is 29.2 Å². The molecule has 7 heteroatoms. The Hall–Kier alpha value is -2.20. The van der Waals surface area contributed by atoms with Crippen LogP contribution in [0.5, 0.6) is 11.5 Å². The predicted molar refractivity (Wildman–Crippen MR) is 65.9 cm³/mol. The molecule has 1 atom stereocenters. The van der Waals surface area contributed by atoms with Crippen LogP contribution >= 0.6 is 11.8 Å². The van der Waals surface area contributed by atoms with Gasteiger partial charge in [0.25, 0.3) is 11.1 Å². The number of nitrogens with zero attached hydrogens (tertiary/aromatic N) is 3. The number of hydrogen-bond acceptors (Lipinski definition) is 7. The second kappa shape index (κ2) is 5.20. The first-order chi connectivity index (χ1) is 9.36. The highest BCUT2D eigenvalue weighted by Crippen LogP contribution is 2.35. The molecule has 0 aliphatic carbocycles. The molecule has 1 aliphatic rings. The Bertz CT molecular complexity index is 623.